The fraction of sp³-hybridized carbons (Fsp3) is 0.769. The van der Waals surface area contributed by atoms with E-state index in [1.807, 2.05) is 6.92 Å². The molecule has 2 rings (SSSR count). The lowest BCUT2D eigenvalue weighted by Crippen LogP contribution is -2.16. The van der Waals surface area contributed by atoms with Gasteiger partial charge in [0.2, 0.25) is 5.95 Å². The van der Waals surface area contributed by atoms with Crippen molar-refractivity contribution in [2.45, 2.75) is 56.4 Å². The maximum Gasteiger partial charge on any atom is 0.322 e. The molecule has 0 spiro atoms. The normalized spacial score (nSPS) is 23.3. The molecule has 2 unspecified atom stereocenters. The minimum absolute atomic E-state index is 0.243. The van der Waals surface area contributed by atoms with E-state index in [4.69, 9.17) is 10.5 Å². The smallest absolute Gasteiger partial charge is 0.322 e. The second kappa shape index (κ2) is 6.93. The van der Waals surface area contributed by atoms with E-state index in [2.05, 4.69) is 21.9 Å². The molecule has 1 aliphatic rings. The van der Waals surface area contributed by atoms with Gasteiger partial charge < -0.3 is 10.5 Å². The number of thioether (sulfide) groups is 1. The number of nitrogens with zero attached hydrogens (tertiary/aromatic N) is 3. The number of hydrogen-bond donors (Lipinski definition) is 1. The van der Waals surface area contributed by atoms with Crippen LogP contribution in [0.2, 0.25) is 0 Å². The highest BCUT2D eigenvalue weighted by Gasteiger charge is 2.21. The van der Waals surface area contributed by atoms with Crippen LogP contribution in [0.5, 0.6) is 6.01 Å². The summed E-state index contributed by atoms with van der Waals surface area (Å²) in [5, 5.41) is 1.28. The van der Waals surface area contributed by atoms with Crippen LogP contribution < -0.4 is 10.5 Å². The second-order valence-corrected chi connectivity index (χ2v) is 6.39. The van der Waals surface area contributed by atoms with E-state index < -0.39 is 0 Å². The average molecular weight is 282 g/mol. The molecule has 6 heteroatoms. The van der Waals surface area contributed by atoms with Crippen LogP contribution in [0.25, 0.3) is 0 Å². The SMILES string of the molecule is CCCOc1nc(N)nc(SC2CCCC(C)C2)n1. The zero-order valence-electron chi connectivity index (χ0n) is 11.6. The number of nitrogens with two attached hydrogens (primary N) is 1. The predicted molar refractivity (Wildman–Crippen MR) is 77.3 cm³/mol. The first-order valence-corrected chi connectivity index (χ1v) is 7.86. The van der Waals surface area contributed by atoms with Crippen LogP contribution in [0.1, 0.15) is 46.0 Å². The van der Waals surface area contributed by atoms with E-state index in [1.54, 1.807) is 11.8 Å². The summed E-state index contributed by atoms with van der Waals surface area (Å²) >= 11 is 1.71. The molecule has 1 saturated carbocycles. The monoisotopic (exact) mass is 282 g/mol. The van der Waals surface area contributed by atoms with Gasteiger partial charge in [-0.05, 0) is 25.2 Å². The van der Waals surface area contributed by atoms with Gasteiger partial charge in [-0.25, -0.2) is 0 Å². The Morgan fingerprint density at radius 1 is 1.32 bits per heavy atom. The van der Waals surface area contributed by atoms with Gasteiger partial charge in [0, 0.05) is 5.25 Å². The van der Waals surface area contributed by atoms with Crippen molar-refractivity contribution in [3.05, 3.63) is 0 Å². The van der Waals surface area contributed by atoms with Gasteiger partial charge in [-0.3, -0.25) is 0 Å². The van der Waals surface area contributed by atoms with E-state index in [0.29, 0.717) is 23.0 Å². The summed E-state index contributed by atoms with van der Waals surface area (Å²) in [6.45, 7) is 4.96. The van der Waals surface area contributed by atoms with Gasteiger partial charge in [-0.2, -0.15) is 15.0 Å². The average Bonchev–Trinajstić information content (AvgIpc) is 2.35. The highest BCUT2D eigenvalue weighted by molar-refractivity contribution is 7.99. The Morgan fingerprint density at radius 2 is 2.16 bits per heavy atom. The summed E-state index contributed by atoms with van der Waals surface area (Å²) in [6, 6.07) is 0.348. The molecule has 1 aliphatic carbocycles. The van der Waals surface area contributed by atoms with Crippen molar-refractivity contribution >= 4 is 17.7 Å². The van der Waals surface area contributed by atoms with Gasteiger partial charge in [0.05, 0.1) is 6.61 Å². The van der Waals surface area contributed by atoms with Gasteiger partial charge in [0.15, 0.2) is 5.16 Å². The lowest BCUT2D eigenvalue weighted by molar-refractivity contribution is 0.288. The molecule has 106 valence electrons. The van der Waals surface area contributed by atoms with Crippen molar-refractivity contribution in [1.82, 2.24) is 15.0 Å². The fourth-order valence-electron chi connectivity index (χ4n) is 2.30. The molecule has 0 radical (unpaired) electrons. The number of nitrogen functional groups attached to an aromatic ring is 1. The first kappa shape index (κ1) is 14.4. The molecule has 2 N–H and O–H groups in total. The van der Waals surface area contributed by atoms with E-state index >= 15 is 0 Å². The van der Waals surface area contributed by atoms with Crippen molar-refractivity contribution in [1.29, 1.82) is 0 Å². The van der Waals surface area contributed by atoms with Gasteiger partial charge in [0.25, 0.3) is 0 Å². The van der Waals surface area contributed by atoms with Crippen LogP contribution in [0.4, 0.5) is 5.95 Å². The number of aromatic nitrogens is 3. The van der Waals surface area contributed by atoms with Crippen molar-refractivity contribution < 1.29 is 4.74 Å². The number of hydrogen-bond acceptors (Lipinski definition) is 6. The van der Waals surface area contributed by atoms with Crippen LogP contribution >= 0.6 is 11.8 Å². The van der Waals surface area contributed by atoms with Crippen LogP contribution in [-0.4, -0.2) is 26.8 Å². The summed E-state index contributed by atoms with van der Waals surface area (Å²) in [7, 11) is 0. The molecule has 0 saturated heterocycles. The van der Waals surface area contributed by atoms with Gasteiger partial charge in [-0.15, -0.1) is 0 Å². The lowest BCUT2D eigenvalue weighted by atomic mass is 9.91. The summed E-state index contributed by atoms with van der Waals surface area (Å²) in [5.74, 6) is 1.04. The van der Waals surface area contributed by atoms with Crippen molar-refractivity contribution in [3.63, 3.8) is 0 Å². The molecule has 0 amide bonds. The van der Waals surface area contributed by atoms with E-state index in [1.165, 1.54) is 25.7 Å². The van der Waals surface area contributed by atoms with Gasteiger partial charge in [0.1, 0.15) is 0 Å². The minimum atomic E-state index is 0.243. The zero-order chi connectivity index (χ0) is 13.7. The minimum Gasteiger partial charge on any atom is -0.463 e. The van der Waals surface area contributed by atoms with E-state index in [0.717, 1.165) is 12.3 Å². The maximum atomic E-state index is 5.71. The molecule has 1 fully saturated rings. The van der Waals surface area contributed by atoms with Gasteiger partial charge >= 0.3 is 6.01 Å². The van der Waals surface area contributed by atoms with E-state index in [9.17, 15) is 0 Å². The summed E-state index contributed by atoms with van der Waals surface area (Å²) in [6.07, 6.45) is 6.00. The van der Waals surface area contributed by atoms with Crippen molar-refractivity contribution in [3.8, 4) is 6.01 Å². The van der Waals surface area contributed by atoms with Crippen molar-refractivity contribution in [2.24, 2.45) is 5.92 Å². The Labute approximate surface area is 118 Å². The zero-order valence-corrected chi connectivity index (χ0v) is 12.4. The number of rotatable bonds is 5. The highest BCUT2D eigenvalue weighted by Crippen LogP contribution is 2.35. The Hall–Kier alpha value is -1.04. The largest absolute Gasteiger partial charge is 0.463 e. The number of ether oxygens (including phenoxy) is 1. The molecule has 1 aromatic rings. The molecule has 0 aromatic carbocycles. The predicted octanol–water partition coefficient (Wildman–Crippen LogP) is 2.91. The van der Waals surface area contributed by atoms with Crippen molar-refractivity contribution in [2.75, 3.05) is 12.3 Å². The molecule has 2 atom stereocenters. The third-order valence-corrected chi connectivity index (χ3v) is 4.36. The van der Waals surface area contributed by atoms with E-state index in [-0.39, 0.29) is 5.95 Å². The highest BCUT2D eigenvalue weighted by atomic mass is 32.2. The Morgan fingerprint density at radius 3 is 2.89 bits per heavy atom. The third-order valence-electron chi connectivity index (χ3n) is 3.21. The summed E-state index contributed by atoms with van der Waals surface area (Å²) in [5.41, 5.74) is 5.71. The molecule has 5 nitrogen and oxygen atoms in total. The first-order valence-electron chi connectivity index (χ1n) is 6.98. The quantitative estimate of drug-likeness (QED) is 0.895. The van der Waals surface area contributed by atoms with Crippen LogP contribution in [-0.2, 0) is 0 Å². The molecule has 0 bridgehead atoms. The topological polar surface area (TPSA) is 73.9 Å². The molecule has 1 heterocycles. The Kier molecular flexibility index (Phi) is 5.24. The molecule has 1 aromatic heterocycles. The van der Waals surface area contributed by atoms with Crippen LogP contribution in [0.15, 0.2) is 5.16 Å². The molecule has 0 aliphatic heterocycles. The van der Waals surface area contributed by atoms with Gasteiger partial charge in [-0.1, -0.05) is 38.5 Å². The lowest BCUT2D eigenvalue weighted by Gasteiger charge is -2.25. The summed E-state index contributed by atoms with van der Waals surface area (Å²) < 4.78 is 5.43. The second-order valence-electron chi connectivity index (χ2n) is 5.12. The summed E-state index contributed by atoms with van der Waals surface area (Å²) in [4.78, 5) is 12.5. The van der Waals surface area contributed by atoms with Crippen LogP contribution in [0.3, 0.4) is 0 Å². The molecular formula is C13H22N4OS. The first-order chi connectivity index (χ1) is 9.17. The van der Waals surface area contributed by atoms with Crippen LogP contribution in [0, 0.1) is 5.92 Å². The fourth-order valence-corrected chi connectivity index (χ4v) is 3.58. The third kappa shape index (κ3) is 4.53. The molecule has 19 heavy (non-hydrogen) atoms. The maximum absolute atomic E-state index is 5.71. The standard InChI is InChI=1S/C13H22N4OS/c1-3-7-18-12-15-11(14)16-13(17-12)19-10-6-4-5-9(2)8-10/h9-10H,3-8H2,1-2H3,(H2,14,15,16,17). The Balaban J connectivity index is 2.00. The Bertz CT molecular complexity index is 416. The number of anilines is 1. The molecular weight excluding hydrogens is 260 g/mol.